The van der Waals surface area contributed by atoms with Crippen LogP contribution < -0.4 is 10.9 Å². The van der Waals surface area contributed by atoms with E-state index in [1.54, 1.807) is 42.0 Å². The summed E-state index contributed by atoms with van der Waals surface area (Å²) < 4.78 is 7.91. The highest BCUT2D eigenvalue weighted by Crippen LogP contribution is 2.25. The van der Waals surface area contributed by atoms with E-state index in [1.165, 1.54) is 11.8 Å². The Labute approximate surface area is 185 Å². The molecule has 6 nitrogen and oxygen atoms in total. The maximum atomic E-state index is 13.1. The lowest BCUT2D eigenvalue weighted by atomic mass is 10.2. The number of furan rings is 1. The molecule has 4 aromatic rings. The number of nitrogens with zero attached hydrogens (tertiary/aromatic N) is 2. The van der Waals surface area contributed by atoms with Crippen LogP contribution in [0.2, 0.25) is 0 Å². The number of aromatic nitrogens is 2. The number of benzene rings is 2. The standard InChI is InChI=1S/C22H18BrN3O3S/c1-14(20(27)24-16-10-8-15(23)9-11-16)30-22-25-19-7-3-2-6-18(19)21(28)26(22)13-17-5-4-12-29-17/h2-12,14H,13H2,1H3,(H,24,27)/t14-/m0/s1. The topological polar surface area (TPSA) is 77.1 Å². The number of hydrogen-bond acceptors (Lipinski definition) is 5. The summed E-state index contributed by atoms with van der Waals surface area (Å²) in [5, 5.41) is 3.42. The highest BCUT2D eigenvalue weighted by Gasteiger charge is 2.20. The third-order valence-corrected chi connectivity index (χ3v) is 6.10. The molecule has 0 radical (unpaired) electrons. The van der Waals surface area contributed by atoms with Gasteiger partial charge in [-0.3, -0.25) is 14.2 Å². The van der Waals surface area contributed by atoms with Crippen molar-refractivity contribution in [2.24, 2.45) is 0 Å². The lowest BCUT2D eigenvalue weighted by Gasteiger charge is -2.16. The fourth-order valence-corrected chi connectivity index (χ4v) is 4.10. The van der Waals surface area contributed by atoms with E-state index in [1.807, 2.05) is 36.4 Å². The van der Waals surface area contributed by atoms with Gasteiger partial charge in [0.25, 0.3) is 5.56 Å². The van der Waals surface area contributed by atoms with Crippen LogP contribution in [0.25, 0.3) is 10.9 Å². The maximum absolute atomic E-state index is 13.1. The fourth-order valence-electron chi connectivity index (χ4n) is 2.92. The Morgan fingerprint density at radius 1 is 1.17 bits per heavy atom. The third kappa shape index (κ3) is 4.49. The number of carbonyl (C=O) groups excluding carboxylic acids is 1. The van der Waals surface area contributed by atoms with Crippen LogP contribution in [-0.4, -0.2) is 20.7 Å². The zero-order valence-corrected chi connectivity index (χ0v) is 18.4. The van der Waals surface area contributed by atoms with E-state index in [0.717, 1.165) is 4.47 Å². The smallest absolute Gasteiger partial charge is 0.262 e. The minimum absolute atomic E-state index is 0.167. The zero-order valence-electron chi connectivity index (χ0n) is 16.0. The molecule has 0 spiro atoms. The normalized spacial score (nSPS) is 12.1. The number of fused-ring (bicyclic) bond motifs is 1. The summed E-state index contributed by atoms with van der Waals surface area (Å²) in [6.45, 7) is 2.03. The number of amides is 1. The Bertz CT molecular complexity index is 1240. The molecule has 2 aromatic carbocycles. The molecule has 0 saturated carbocycles. The molecule has 0 saturated heterocycles. The van der Waals surface area contributed by atoms with Gasteiger partial charge in [-0.15, -0.1) is 0 Å². The summed E-state index contributed by atoms with van der Waals surface area (Å²) in [4.78, 5) is 30.5. The first kappa shape index (κ1) is 20.4. The largest absolute Gasteiger partial charge is 0.467 e. The summed E-state index contributed by atoms with van der Waals surface area (Å²) in [7, 11) is 0. The van der Waals surface area contributed by atoms with E-state index in [0.29, 0.717) is 27.5 Å². The molecule has 0 aliphatic carbocycles. The average molecular weight is 484 g/mol. The number of halogens is 1. The Balaban J connectivity index is 1.64. The van der Waals surface area contributed by atoms with Crippen molar-refractivity contribution in [3.8, 4) is 0 Å². The summed E-state index contributed by atoms with van der Waals surface area (Å²) in [6, 6.07) is 18.1. The molecule has 0 aliphatic heterocycles. The number of anilines is 1. The van der Waals surface area contributed by atoms with Crippen molar-refractivity contribution >= 4 is 50.2 Å². The molecule has 4 rings (SSSR count). The lowest BCUT2D eigenvalue weighted by Crippen LogP contribution is -2.27. The second-order valence-corrected chi connectivity index (χ2v) is 8.86. The van der Waals surface area contributed by atoms with Gasteiger partial charge in [-0.25, -0.2) is 4.98 Å². The molecule has 152 valence electrons. The van der Waals surface area contributed by atoms with Crippen LogP contribution in [0.5, 0.6) is 0 Å². The van der Waals surface area contributed by atoms with Crippen molar-refractivity contribution in [1.29, 1.82) is 0 Å². The summed E-state index contributed by atoms with van der Waals surface area (Å²) in [6.07, 6.45) is 1.57. The number of hydrogen-bond donors (Lipinski definition) is 1. The molecule has 2 heterocycles. The molecule has 0 bridgehead atoms. The van der Waals surface area contributed by atoms with Gasteiger partial charge < -0.3 is 9.73 Å². The third-order valence-electron chi connectivity index (χ3n) is 4.48. The van der Waals surface area contributed by atoms with E-state index in [2.05, 4.69) is 26.2 Å². The Kier molecular flexibility index (Phi) is 6.06. The highest BCUT2D eigenvalue weighted by molar-refractivity contribution is 9.10. The van der Waals surface area contributed by atoms with Crippen molar-refractivity contribution in [1.82, 2.24) is 9.55 Å². The Morgan fingerprint density at radius 3 is 2.67 bits per heavy atom. The predicted molar refractivity (Wildman–Crippen MR) is 122 cm³/mol. The summed E-state index contributed by atoms with van der Waals surface area (Å²) >= 11 is 4.62. The highest BCUT2D eigenvalue weighted by atomic mass is 79.9. The van der Waals surface area contributed by atoms with Gasteiger partial charge in [0.2, 0.25) is 5.91 Å². The van der Waals surface area contributed by atoms with E-state index in [4.69, 9.17) is 4.42 Å². The molecule has 2 aromatic heterocycles. The van der Waals surface area contributed by atoms with E-state index >= 15 is 0 Å². The van der Waals surface area contributed by atoms with E-state index < -0.39 is 5.25 Å². The number of rotatable bonds is 6. The maximum Gasteiger partial charge on any atom is 0.262 e. The molecule has 1 amide bonds. The fraction of sp³-hybridized carbons (Fsp3) is 0.136. The first-order valence-corrected chi connectivity index (χ1v) is 10.9. The van der Waals surface area contributed by atoms with Crippen LogP contribution in [0, 0.1) is 0 Å². The van der Waals surface area contributed by atoms with Crippen molar-refractivity contribution in [3.05, 3.63) is 87.5 Å². The van der Waals surface area contributed by atoms with Gasteiger partial charge in [0.15, 0.2) is 5.16 Å². The van der Waals surface area contributed by atoms with Crippen LogP contribution in [-0.2, 0) is 11.3 Å². The number of thioether (sulfide) groups is 1. The molecule has 1 N–H and O–H groups in total. The van der Waals surface area contributed by atoms with E-state index in [-0.39, 0.29) is 18.0 Å². The monoisotopic (exact) mass is 483 g/mol. The molecule has 0 unspecified atom stereocenters. The average Bonchev–Trinajstić information content (AvgIpc) is 3.26. The first-order chi connectivity index (χ1) is 14.5. The second-order valence-electron chi connectivity index (χ2n) is 6.64. The Hall–Kier alpha value is -2.84. The molecule has 0 fully saturated rings. The number of carbonyl (C=O) groups is 1. The SMILES string of the molecule is C[C@H](Sc1nc2ccccc2c(=O)n1Cc1ccco1)C(=O)Nc1ccc(Br)cc1. The van der Waals surface area contributed by atoms with Gasteiger partial charge in [-0.1, -0.05) is 39.8 Å². The zero-order chi connectivity index (χ0) is 21.1. The van der Waals surface area contributed by atoms with Crippen LogP contribution in [0.15, 0.2) is 85.8 Å². The number of nitrogens with one attached hydrogen (secondary N) is 1. The van der Waals surface area contributed by atoms with Gasteiger partial charge in [0.05, 0.1) is 29.0 Å². The van der Waals surface area contributed by atoms with Crippen molar-refractivity contribution in [2.45, 2.75) is 23.9 Å². The molecular formula is C22H18BrN3O3S. The van der Waals surface area contributed by atoms with Gasteiger partial charge in [-0.05, 0) is 55.5 Å². The molecule has 0 aliphatic rings. The molecule has 30 heavy (non-hydrogen) atoms. The minimum Gasteiger partial charge on any atom is -0.467 e. The van der Waals surface area contributed by atoms with Crippen LogP contribution >= 0.6 is 27.7 Å². The van der Waals surface area contributed by atoms with Crippen molar-refractivity contribution in [2.75, 3.05) is 5.32 Å². The number of para-hydroxylation sites is 1. The molecule has 8 heteroatoms. The summed E-state index contributed by atoms with van der Waals surface area (Å²) in [5.41, 5.74) is 1.14. The first-order valence-electron chi connectivity index (χ1n) is 9.26. The van der Waals surface area contributed by atoms with E-state index in [9.17, 15) is 9.59 Å². The molecular weight excluding hydrogens is 466 g/mol. The van der Waals surface area contributed by atoms with Crippen LogP contribution in [0.4, 0.5) is 5.69 Å². The van der Waals surface area contributed by atoms with Crippen LogP contribution in [0.1, 0.15) is 12.7 Å². The van der Waals surface area contributed by atoms with Gasteiger partial charge in [0, 0.05) is 10.2 Å². The Morgan fingerprint density at radius 2 is 1.93 bits per heavy atom. The lowest BCUT2D eigenvalue weighted by molar-refractivity contribution is -0.115. The predicted octanol–water partition coefficient (Wildman–Crippen LogP) is 4.92. The minimum atomic E-state index is -0.468. The van der Waals surface area contributed by atoms with Gasteiger partial charge in [-0.2, -0.15) is 0 Å². The summed E-state index contributed by atoms with van der Waals surface area (Å²) in [5.74, 6) is 0.470. The quantitative estimate of drug-likeness (QED) is 0.311. The van der Waals surface area contributed by atoms with Crippen molar-refractivity contribution < 1.29 is 9.21 Å². The van der Waals surface area contributed by atoms with Gasteiger partial charge in [0.1, 0.15) is 5.76 Å². The second kappa shape index (κ2) is 8.89. The van der Waals surface area contributed by atoms with Crippen molar-refractivity contribution in [3.63, 3.8) is 0 Å². The van der Waals surface area contributed by atoms with Gasteiger partial charge >= 0.3 is 0 Å². The van der Waals surface area contributed by atoms with Crippen LogP contribution in [0.3, 0.4) is 0 Å². The molecule has 1 atom stereocenters.